The number of amides is 3. The first-order valence-electron chi connectivity index (χ1n) is 8.46. The highest BCUT2D eigenvalue weighted by Crippen LogP contribution is 2.26. The molecule has 0 radical (unpaired) electrons. The van der Waals surface area contributed by atoms with Crippen LogP contribution in [0.4, 0.5) is 10.5 Å². The molecule has 0 atom stereocenters. The van der Waals surface area contributed by atoms with Crippen LogP contribution in [0.25, 0.3) is 10.8 Å². The van der Waals surface area contributed by atoms with Crippen LogP contribution in [0.15, 0.2) is 59.7 Å². The van der Waals surface area contributed by atoms with Gasteiger partial charge in [-0.25, -0.2) is 10.2 Å². The van der Waals surface area contributed by atoms with Gasteiger partial charge in [-0.2, -0.15) is 5.10 Å². The van der Waals surface area contributed by atoms with Crippen LogP contribution >= 0.6 is 23.2 Å². The van der Waals surface area contributed by atoms with E-state index in [9.17, 15) is 14.7 Å². The van der Waals surface area contributed by atoms with Gasteiger partial charge in [-0.15, -0.1) is 0 Å². The van der Waals surface area contributed by atoms with E-state index in [1.807, 2.05) is 24.3 Å². The Morgan fingerprint density at radius 2 is 1.83 bits per heavy atom. The van der Waals surface area contributed by atoms with Crippen LogP contribution in [0.2, 0.25) is 10.0 Å². The van der Waals surface area contributed by atoms with Gasteiger partial charge in [0.05, 0.1) is 16.3 Å². The van der Waals surface area contributed by atoms with Crippen molar-refractivity contribution in [2.75, 3.05) is 11.9 Å². The van der Waals surface area contributed by atoms with E-state index in [0.29, 0.717) is 21.3 Å². The fraction of sp³-hybridized carbons (Fsp3) is 0.0500. The summed E-state index contributed by atoms with van der Waals surface area (Å²) < 4.78 is 0. The zero-order chi connectivity index (χ0) is 20.8. The molecule has 0 saturated heterocycles. The molecule has 9 heteroatoms. The summed E-state index contributed by atoms with van der Waals surface area (Å²) in [6, 6.07) is 14.8. The lowest BCUT2D eigenvalue weighted by Gasteiger charge is -2.08. The zero-order valence-electron chi connectivity index (χ0n) is 14.9. The number of anilines is 1. The zero-order valence-corrected chi connectivity index (χ0v) is 16.5. The number of carbonyl (C=O) groups is 2. The first-order chi connectivity index (χ1) is 13.9. The lowest BCUT2D eigenvalue weighted by molar-refractivity contribution is -0.120. The Hall–Kier alpha value is -3.29. The molecule has 29 heavy (non-hydrogen) atoms. The number of carbonyl (C=O) groups excluding carboxylic acids is 2. The Labute approximate surface area is 176 Å². The van der Waals surface area contributed by atoms with Crippen LogP contribution in [0.5, 0.6) is 5.75 Å². The monoisotopic (exact) mass is 430 g/mol. The van der Waals surface area contributed by atoms with E-state index in [2.05, 4.69) is 21.2 Å². The van der Waals surface area contributed by atoms with Crippen LogP contribution in [-0.2, 0) is 4.79 Å². The van der Waals surface area contributed by atoms with Gasteiger partial charge in [-0.1, -0.05) is 53.5 Å². The highest BCUT2D eigenvalue weighted by atomic mass is 35.5. The molecule has 7 nitrogen and oxygen atoms in total. The molecule has 0 unspecified atom stereocenters. The van der Waals surface area contributed by atoms with Crippen molar-refractivity contribution in [3.8, 4) is 5.75 Å². The van der Waals surface area contributed by atoms with Gasteiger partial charge in [0.25, 0.3) is 5.91 Å². The number of rotatable bonds is 5. The lowest BCUT2D eigenvalue weighted by Crippen LogP contribution is -2.37. The van der Waals surface area contributed by atoms with Crippen molar-refractivity contribution in [1.29, 1.82) is 0 Å². The molecule has 0 heterocycles. The number of hydrazone groups is 1. The average molecular weight is 431 g/mol. The maximum Gasteiger partial charge on any atom is 0.319 e. The Kier molecular flexibility index (Phi) is 6.54. The summed E-state index contributed by atoms with van der Waals surface area (Å²) in [7, 11) is 0. The van der Waals surface area contributed by atoms with Crippen LogP contribution in [0.1, 0.15) is 5.56 Å². The maximum atomic E-state index is 11.9. The van der Waals surface area contributed by atoms with Crippen molar-refractivity contribution in [3.63, 3.8) is 0 Å². The van der Waals surface area contributed by atoms with E-state index in [1.165, 1.54) is 12.3 Å². The number of hydrogen-bond donors (Lipinski definition) is 4. The Balaban J connectivity index is 1.53. The fourth-order valence-electron chi connectivity index (χ4n) is 2.54. The van der Waals surface area contributed by atoms with Gasteiger partial charge in [-0.3, -0.25) is 4.79 Å². The number of phenolic OH excluding ortho intramolecular Hbond substituents is 1. The topological polar surface area (TPSA) is 103 Å². The summed E-state index contributed by atoms with van der Waals surface area (Å²) in [6.07, 6.45) is 1.35. The Morgan fingerprint density at radius 3 is 2.62 bits per heavy atom. The first kappa shape index (κ1) is 20.4. The molecule has 3 aromatic carbocycles. The summed E-state index contributed by atoms with van der Waals surface area (Å²) in [6.45, 7) is -0.300. The maximum absolute atomic E-state index is 11.9. The van der Waals surface area contributed by atoms with Crippen molar-refractivity contribution in [2.45, 2.75) is 0 Å². The molecule has 0 aliphatic rings. The van der Waals surface area contributed by atoms with E-state index >= 15 is 0 Å². The average Bonchev–Trinajstić information content (AvgIpc) is 2.71. The highest BCUT2D eigenvalue weighted by molar-refractivity contribution is 6.42. The number of aromatic hydroxyl groups is 1. The van der Waals surface area contributed by atoms with Gasteiger partial charge in [0.1, 0.15) is 12.3 Å². The molecule has 0 aliphatic heterocycles. The predicted octanol–water partition coefficient (Wildman–Crippen LogP) is 4.12. The highest BCUT2D eigenvalue weighted by Gasteiger charge is 2.07. The number of halogens is 2. The molecular weight excluding hydrogens is 415 g/mol. The molecular formula is C20H16Cl2N4O3. The van der Waals surface area contributed by atoms with Crippen LogP contribution in [0, 0.1) is 0 Å². The van der Waals surface area contributed by atoms with Crippen molar-refractivity contribution in [1.82, 2.24) is 10.7 Å². The van der Waals surface area contributed by atoms with Gasteiger partial charge in [0.2, 0.25) is 0 Å². The third kappa shape index (κ3) is 5.37. The molecule has 3 aromatic rings. The minimum atomic E-state index is -0.589. The van der Waals surface area contributed by atoms with E-state index in [1.54, 1.807) is 24.3 Å². The smallest absolute Gasteiger partial charge is 0.319 e. The van der Waals surface area contributed by atoms with E-state index in [-0.39, 0.29) is 12.3 Å². The quantitative estimate of drug-likeness (QED) is 0.361. The molecule has 4 N–H and O–H groups in total. The largest absolute Gasteiger partial charge is 0.507 e. The second-order valence-corrected chi connectivity index (χ2v) is 6.76. The van der Waals surface area contributed by atoms with Gasteiger partial charge < -0.3 is 15.7 Å². The van der Waals surface area contributed by atoms with E-state index in [0.717, 1.165) is 10.8 Å². The molecule has 0 aliphatic carbocycles. The van der Waals surface area contributed by atoms with Crippen molar-refractivity contribution in [2.24, 2.45) is 5.10 Å². The standard InChI is InChI=1S/C20H16Cl2N4O3/c21-16-7-6-13(9-17(16)22)25-20(29)23-11-19(28)26-24-10-15-14-4-2-1-3-12(14)5-8-18(15)27/h1-10,27H,11H2,(H,26,28)(H2,23,25,29). The van der Waals surface area contributed by atoms with Gasteiger partial charge >= 0.3 is 6.03 Å². The number of urea groups is 1. The van der Waals surface area contributed by atoms with E-state index in [4.69, 9.17) is 23.2 Å². The summed E-state index contributed by atoms with van der Waals surface area (Å²) in [5.41, 5.74) is 3.21. The SMILES string of the molecule is O=C(CNC(=O)Nc1ccc(Cl)c(Cl)c1)NN=Cc1c(O)ccc2ccccc12. The minimum Gasteiger partial charge on any atom is -0.507 e. The van der Waals surface area contributed by atoms with Crippen molar-refractivity contribution >= 4 is 57.8 Å². The predicted molar refractivity (Wildman–Crippen MR) is 115 cm³/mol. The minimum absolute atomic E-state index is 0.0424. The molecule has 0 fully saturated rings. The van der Waals surface area contributed by atoms with Crippen LogP contribution < -0.4 is 16.1 Å². The van der Waals surface area contributed by atoms with Crippen LogP contribution in [0.3, 0.4) is 0 Å². The normalized spacial score (nSPS) is 10.8. The molecule has 3 rings (SSSR count). The molecule has 0 saturated carbocycles. The second kappa shape index (κ2) is 9.27. The summed E-state index contributed by atoms with van der Waals surface area (Å²) in [4.78, 5) is 23.7. The summed E-state index contributed by atoms with van der Waals surface area (Å²) in [5.74, 6) is -0.494. The number of hydrogen-bond acceptors (Lipinski definition) is 4. The van der Waals surface area contributed by atoms with Crippen LogP contribution in [-0.4, -0.2) is 29.8 Å². The van der Waals surface area contributed by atoms with Crippen molar-refractivity contribution in [3.05, 3.63) is 70.2 Å². The third-order valence-corrected chi connectivity index (χ3v) is 4.66. The Bertz CT molecular complexity index is 1100. The number of fused-ring (bicyclic) bond motifs is 1. The molecule has 0 spiro atoms. The molecule has 3 amide bonds. The summed E-state index contributed by atoms with van der Waals surface area (Å²) in [5, 5.41) is 21.2. The Morgan fingerprint density at radius 1 is 1.03 bits per heavy atom. The van der Waals surface area contributed by atoms with Crippen molar-refractivity contribution < 1.29 is 14.7 Å². The molecule has 148 valence electrons. The van der Waals surface area contributed by atoms with E-state index < -0.39 is 11.9 Å². The van der Waals surface area contributed by atoms with Gasteiger partial charge in [-0.05, 0) is 35.0 Å². The number of nitrogens with one attached hydrogen (secondary N) is 3. The first-order valence-corrected chi connectivity index (χ1v) is 9.22. The third-order valence-electron chi connectivity index (χ3n) is 3.92. The lowest BCUT2D eigenvalue weighted by atomic mass is 10.0. The number of phenols is 1. The summed E-state index contributed by atoms with van der Waals surface area (Å²) >= 11 is 11.7. The second-order valence-electron chi connectivity index (χ2n) is 5.95. The fourth-order valence-corrected chi connectivity index (χ4v) is 2.84. The van der Waals surface area contributed by atoms with Gasteiger partial charge in [0.15, 0.2) is 0 Å². The molecule has 0 aromatic heterocycles. The number of nitrogens with zero attached hydrogens (tertiary/aromatic N) is 1. The number of benzene rings is 3. The van der Waals surface area contributed by atoms with Gasteiger partial charge in [0, 0.05) is 11.3 Å². The molecule has 0 bridgehead atoms.